The van der Waals surface area contributed by atoms with Crippen molar-refractivity contribution in [3.05, 3.63) is 11.6 Å². The van der Waals surface area contributed by atoms with Crippen molar-refractivity contribution in [2.45, 2.75) is 13.3 Å². The molecule has 0 radical (unpaired) electrons. The van der Waals surface area contributed by atoms with Crippen molar-refractivity contribution in [3.8, 4) is 0 Å². The molecule has 0 fully saturated rings. The Bertz CT molecular complexity index is 161. The van der Waals surface area contributed by atoms with Gasteiger partial charge in [-0.05, 0) is 20.1 Å². The van der Waals surface area contributed by atoms with Crippen molar-refractivity contribution < 1.29 is 4.79 Å². The predicted molar refractivity (Wildman–Crippen MR) is 42.0 cm³/mol. The first-order chi connectivity index (χ1) is 4.72. The van der Waals surface area contributed by atoms with Crippen molar-refractivity contribution >= 4 is 12.6 Å². The molecule has 0 saturated heterocycles. The zero-order valence-electron chi connectivity index (χ0n) is 6.13. The molecule has 56 valence electrons. The van der Waals surface area contributed by atoms with Crippen molar-refractivity contribution in [3.63, 3.8) is 0 Å². The summed E-state index contributed by atoms with van der Waals surface area (Å²) in [4.78, 5) is 14.1. The second-order valence-corrected chi connectivity index (χ2v) is 1.88. The second-order valence-electron chi connectivity index (χ2n) is 1.88. The molecule has 1 amide bonds. The van der Waals surface area contributed by atoms with Crippen molar-refractivity contribution in [2.24, 2.45) is 10.7 Å². The van der Waals surface area contributed by atoms with Crippen LogP contribution < -0.4 is 5.73 Å². The molecule has 0 spiro atoms. The van der Waals surface area contributed by atoms with Gasteiger partial charge in [-0.3, -0.25) is 4.79 Å². The number of hydrogen-bond acceptors (Lipinski definition) is 2. The second kappa shape index (κ2) is 4.73. The molecule has 3 heteroatoms. The number of amides is 1. The Morgan fingerprint density at radius 3 is 2.70 bits per heavy atom. The molecular formula is C7H12N2O. The molecule has 10 heavy (non-hydrogen) atoms. The molecule has 0 atom stereocenters. The maximum Gasteiger partial charge on any atom is 0.244 e. The third-order valence-corrected chi connectivity index (χ3v) is 1.20. The Hall–Kier alpha value is -1.12. The Morgan fingerprint density at radius 1 is 1.80 bits per heavy atom. The van der Waals surface area contributed by atoms with Crippen LogP contribution in [0.5, 0.6) is 0 Å². The van der Waals surface area contributed by atoms with Crippen LogP contribution in [0.25, 0.3) is 0 Å². The highest BCUT2D eigenvalue weighted by molar-refractivity contribution is 5.91. The highest BCUT2D eigenvalue weighted by atomic mass is 16.1. The van der Waals surface area contributed by atoms with Gasteiger partial charge in [0.25, 0.3) is 0 Å². The molecule has 0 unspecified atom stereocenters. The van der Waals surface area contributed by atoms with E-state index < -0.39 is 0 Å². The van der Waals surface area contributed by atoms with E-state index in [2.05, 4.69) is 11.7 Å². The van der Waals surface area contributed by atoms with E-state index in [9.17, 15) is 4.79 Å². The number of carbonyl (C=O) groups is 1. The van der Waals surface area contributed by atoms with Gasteiger partial charge in [0, 0.05) is 12.1 Å². The van der Waals surface area contributed by atoms with Crippen LogP contribution in [0, 0.1) is 0 Å². The predicted octanol–water partition coefficient (Wildman–Crippen LogP) is 0.509. The van der Waals surface area contributed by atoms with Crippen molar-refractivity contribution in [1.82, 2.24) is 0 Å². The number of hydrogen-bond donors (Lipinski definition) is 1. The molecule has 0 aromatic heterocycles. The molecule has 0 aliphatic carbocycles. The van der Waals surface area contributed by atoms with Gasteiger partial charge in [-0.1, -0.05) is 6.08 Å². The molecule has 0 aliphatic heterocycles. The number of primary amides is 1. The van der Waals surface area contributed by atoms with E-state index >= 15 is 0 Å². The van der Waals surface area contributed by atoms with E-state index in [0.717, 1.165) is 0 Å². The van der Waals surface area contributed by atoms with Gasteiger partial charge < -0.3 is 10.7 Å². The van der Waals surface area contributed by atoms with Crippen LogP contribution in [0.1, 0.15) is 13.3 Å². The van der Waals surface area contributed by atoms with Gasteiger partial charge in [-0.25, -0.2) is 0 Å². The minimum Gasteiger partial charge on any atom is -0.366 e. The van der Waals surface area contributed by atoms with Gasteiger partial charge in [0.05, 0.1) is 0 Å². The number of allylic oxidation sites excluding steroid dienone is 1. The zero-order chi connectivity index (χ0) is 7.98. The molecular weight excluding hydrogens is 128 g/mol. The first-order valence-corrected chi connectivity index (χ1v) is 3.09. The normalized spacial score (nSPS) is 11.1. The standard InChI is InChI=1S/C7H12N2O/c1-3-6(7(8)10)4-5-9-2/h3H,2,4-5H2,1H3,(H2,8,10)/b6-3+. The molecule has 0 aromatic carbocycles. The van der Waals surface area contributed by atoms with E-state index in [0.29, 0.717) is 18.5 Å². The van der Waals surface area contributed by atoms with E-state index in [-0.39, 0.29) is 5.91 Å². The van der Waals surface area contributed by atoms with Crippen LogP contribution in [-0.4, -0.2) is 19.2 Å². The molecule has 0 bridgehead atoms. The summed E-state index contributed by atoms with van der Waals surface area (Å²) < 4.78 is 0. The van der Waals surface area contributed by atoms with Crippen LogP contribution >= 0.6 is 0 Å². The van der Waals surface area contributed by atoms with Crippen LogP contribution in [0.4, 0.5) is 0 Å². The summed E-state index contributed by atoms with van der Waals surface area (Å²) in [7, 11) is 0. The maximum absolute atomic E-state index is 10.5. The average Bonchev–Trinajstić information content (AvgIpc) is 1.89. The molecule has 0 aromatic rings. The average molecular weight is 140 g/mol. The largest absolute Gasteiger partial charge is 0.366 e. The Balaban J connectivity index is 3.85. The van der Waals surface area contributed by atoms with Gasteiger partial charge in [-0.15, -0.1) is 0 Å². The minimum absolute atomic E-state index is 0.369. The molecule has 2 N–H and O–H groups in total. The number of aliphatic imine (C=N–C) groups is 1. The fraction of sp³-hybridized carbons (Fsp3) is 0.429. The topological polar surface area (TPSA) is 55.4 Å². The molecule has 0 aliphatic rings. The van der Waals surface area contributed by atoms with Crippen LogP contribution in [0.15, 0.2) is 16.6 Å². The molecule has 0 heterocycles. The fourth-order valence-electron chi connectivity index (χ4n) is 0.609. The summed E-state index contributed by atoms with van der Waals surface area (Å²) in [6, 6.07) is 0. The smallest absolute Gasteiger partial charge is 0.244 e. The first kappa shape index (κ1) is 8.88. The summed E-state index contributed by atoms with van der Waals surface area (Å²) in [5, 5.41) is 0. The van der Waals surface area contributed by atoms with Gasteiger partial charge in [0.1, 0.15) is 0 Å². The Kier molecular flexibility index (Phi) is 4.20. The number of rotatable bonds is 4. The van der Waals surface area contributed by atoms with E-state index in [1.165, 1.54) is 0 Å². The lowest BCUT2D eigenvalue weighted by atomic mass is 10.2. The van der Waals surface area contributed by atoms with E-state index in [1.54, 1.807) is 13.0 Å². The van der Waals surface area contributed by atoms with Gasteiger partial charge in [0.15, 0.2) is 0 Å². The lowest BCUT2D eigenvalue weighted by Gasteiger charge is -1.96. The van der Waals surface area contributed by atoms with Crippen molar-refractivity contribution in [2.75, 3.05) is 6.54 Å². The quantitative estimate of drug-likeness (QED) is 0.449. The minimum atomic E-state index is -0.369. The highest BCUT2D eigenvalue weighted by Crippen LogP contribution is 1.98. The molecule has 0 saturated carbocycles. The van der Waals surface area contributed by atoms with Gasteiger partial charge >= 0.3 is 0 Å². The van der Waals surface area contributed by atoms with Gasteiger partial charge in [-0.2, -0.15) is 0 Å². The lowest BCUT2D eigenvalue weighted by molar-refractivity contribution is -0.114. The third-order valence-electron chi connectivity index (χ3n) is 1.20. The SMILES string of the molecule is C=NCC/C(=C\C)C(N)=O. The maximum atomic E-state index is 10.5. The van der Waals surface area contributed by atoms with Crippen LogP contribution in [0.3, 0.4) is 0 Å². The van der Waals surface area contributed by atoms with Crippen LogP contribution in [0.2, 0.25) is 0 Å². The number of carbonyl (C=O) groups excluding carboxylic acids is 1. The summed E-state index contributed by atoms with van der Waals surface area (Å²) in [6.45, 7) is 5.64. The van der Waals surface area contributed by atoms with Gasteiger partial charge in [0.2, 0.25) is 5.91 Å². The monoisotopic (exact) mass is 140 g/mol. The summed E-state index contributed by atoms with van der Waals surface area (Å²) >= 11 is 0. The Morgan fingerprint density at radius 2 is 2.40 bits per heavy atom. The summed E-state index contributed by atoms with van der Waals surface area (Å²) in [5.74, 6) is -0.369. The highest BCUT2D eigenvalue weighted by Gasteiger charge is 2.00. The fourth-order valence-corrected chi connectivity index (χ4v) is 0.609. The van der Waals surface area contributed by atoms with Crippen molar-refractivity contribution in [1.29, 1.82) is 0 Å². The molecule has 3 nitrogen and oxygen atoms in total. The summed E-state index contributed by atoms with van der Waals surface area (Å²) in [5.41, 5.74) is 5.64. The zero-order valence-corrected chi connectivity index (χ0v) is 6.13. The number of nitrogens with two attached hydrogens (primary N) is 1. The van der Waals surface area contributed by atoms with E-state index in [4.69, 9.17) is 5.73 Å². The molecule has 0 rings (SSSR count). The Labute approximate surface area is 60.6 Å². The number of nitrogens with zero attached hydrogens (tertiary/aromatic N) is 1. The first-order valence-electron chi connectivity index (χ1n) is 3.09. The van der Waals surface area contributed by atoms with E-state index in [1.807, 2.05) is 0 Å². The third kappa shape index (κ3) is 3.02. The van der Waals surface area contributed by atoms with Crippen LogP contribution in [-0.2, 0) is 4.79 Å². The lowest BCUT2D eigenvalue weighted by Crippen LogP contribution is -2.14. The summed E-state index contributed by atoms with van der Waals surface area (Å²) in [6.07, 6.45) is 2.29.